The van der Waals surface area contributed by atoms with Gasteiger partial charge in [-0.05, 0) is 36.0 Å². The molecule has 0 unspecified atom stereocenters. The van der Waals surface area contributed by atoms with Crippen molar-refractivity contribution in [3.63, 3.8) is 0 Å². The Labute approximate surface area is 153 Å². The second-order valence-corrected chi connectivity index (χ2v) is 7.82. The Kier molecular flexibility index (Phi) is 7.94. The summed E-state index contributed by atoms with van der Waals surface area (Å²) in [7, 11) is 0. The normalized spacial score (nSPS) is 11.2. The van der Waals surface area contributed by atoms with Crippen molar-refractivity contribution in [3.05, 3.63) is 33.3 Å². The molecule has 0 heterocycles. The largest absolute Gasteiger partial charge is 0.462 e. The minimum atomic E-state index is -0.504. The van der Waals surface area contributed by atoms with Gasteiger partial charge in [-0.3, -0.25) is 0 Å². The Morgan fingerprint density at radius 1 is 1.04 bits per heavy atom. The Hall–Kier alpha value is -1.36. The van der Waals surface area contributed by atoms with Gasteiger partial charge >= 0.3 is 11.9 Å². The molecule has 0 aromatic heterocycles. The van der Waals surface area contributed by atoms with Crippen LogP contribution in [0.2, 0.25) is 0 Å². The minimum Gasteiger partial charge on any atom is -0.462 e. The van der Waals surface area contributed by atoms with Crippen molar-refractivity contribution in [2.24, 2.45) is 5.41 Å². The molecule has 0 aliphatic heterocycles. The molecule has 4 nitrogen and oxygen atoms in total. The highest BCUT2D eigenvalue weighted by molar-refractivity contribution is 9.10. The standard InChI is InChI=1S/C19H27BrO4/c1-6-8-9-23-17(21)14-10-13(7-2)16(20)11-15(14)18(22)24-12-19(3,4)5/h10-11H,6-9,12H2,1-5H3. The second kappa shape index (κ2) is 9.21. The summed E-state index contributed by atoms with van der Waals surface area (Å²) >= 11 is 3.45. The first-order valence-corrected chi connectivity index (χ1v) is 9.15. The Morgan fingerprint density at radius 3 is 2.17 bits per heavy atom. The van der Waals surface area contributed by atoms with Crippen LogP contribution in [0.1, 0.15) is 73.7 Å². The van der Waals surface area contributed by atoms with Gasteiger partial charge in [0.25, 0.3) is 0 Å². The lowest BCUT2D eigenvalue weighted by Crippen LogP contribution is -2.21. The van der Waals surface area contributed by atoms with Crippen molar-refractivity contribution in [1.29, 1.82) is 0 Å². The lowest BCUT2D eigenvalue weighted by atomic mass is 9.98. The van der Waals surface area contributed by atoms with Crippen molar-refractivity contribution in [2.75, 3.05) is 13.2 Å². The lowest BCUT2D eigenvalue weighted by Gasteiger charge is -2.19. The molecule has 0 saturated heterocycles. The molecule has 1 rings (SSSR count). The van der Waals surface area contributed by atoms with Gasteiger partial charge in [-0.25, -0.2) is 9.59 Å². The fourth-order valence-corrected chi connectivity index (χ4v) is 2.60. The van der Waals surface area contributed by atoms with Gasteiger partial charge < -0.3 is 9.47 Å². The fraction of sp³-hybridized carbons (Fsp3) is 0.579. The number of carbonyl (C=O) groups is 2. The highest BCUT2D eigenvalue weighted by Crippen LogP contribution is 2.25. The van der Waals surface area contributed by atoms with E-state index < -0.39 is 11.9 Å². The van der Waals surface area contributed by atoms with E-state index in [2.05, 4.69) is 15.9 Å². The number of aryl methyl sites for hydroxylation is 1. The van der Waals surface area contributed by atoms with E-state index in [4.69, 9.17) is 9.47 Å². The number of ether oxygens (including phenoxy) is 2. The van der Waals surface area contributed by atoms with Gasteiger partial charge in [-0.15, -0.1) is 0 Å². The molecule has 24 heavy (non-hydrogen) atoms. The van der Waals surface area contributed by atoms with Crippen LogP contribution in [0.15, 0.2) is 16.6 Å². The molecule has 0 N–H and O–H groups in total. The van der Waals surface area contributed by atoms with E-state index in [0.717, 1.165) is 29.3 Å². The molecule has 5 heteroatoms. The van der Waals surface area contributed by atoms with Crippen molar-refractivity contribution in [2.45, 2.75) is 53.9 Å². The summed E-state index contributed by atoms with van der Waals surface area (Å²) in [5, 5.41) is 0. The average Bonchev–Trinajstić information content (AvgIpc) is 2.51. The molecular formula is C19H27BrO4. The van der Waals surface area contributed by atoms with Gasteiger partial charge in [0.1, 0.15) is 0 Å². The van der Waals surface area contributed by atoms with E-state index in [-0.39, 0.29) is 23.1 Å². The van der Waals surface area contributed by atoms with E-state index in [1.54, 1.807) is 12.1 Å². The van der Waals surface area contributed by atoms with Gasteiger partial charge in [0.15, 0.2) is 0 Å². The number of carbonyl (C=O) groups excluding carboxylic acids is 2. The molecule has 1 aromatic rings. The molecule has 0 atom stereocenters. The minimum absolute atomic E-state index is 0.141. The zero-order valence-electron chi connectivity index (χ0n) is 15.2. The maximum absolute atomic E-state index is 12.4. The SMILES string of the molecule is CCCCOC(=O)c1cc(CC)c(Br)cc1C(=O)OCC(C)(C)C. The number of benzene rings is 1. The molecule has 134 valence electrons. The van der Waals surface area contributed by atoms with Crippen molar-refractivity contribution in [1.82, 2.24) is 0 Å². The zero-order chi connectivity index (χ0) is 18.3. The predicted octanol–water partition coefficient (Wildman–Crippen LogP) is 5.17. The van der Waals surface area contributed by atoms with Crippen LogP contribution in [0.25, 0.3) is 0 Å². The van der Waals surface area contributed by atoms with E-state index in [1.807, 2.05) is 34.6 Å². The highest BCUT2D eigenvalue weighted by atomic mass is 79.9. The van der Waals surface area contributed by atoms with Gasteiger partial charge in [0.2, 0.25) is 0 Å². The van der Waals surface area contributed by atoms with Crippen LogP contribution in [-0.4, -0.2) is 25.2 Å². The third-order valence-corrected chi connectivity index (χ3v) is 4.11. The number of halogens is 1. The average molecular weight is 399 g/mol. The number of unbranched alkanes of at least 4 members (excludes halogenated alkanes) is 1. The molecule has 1 aromatic carbocycles. The van der Waals surface area contributed by atoms with Crippen LogP contribution in [0.3, 0.4) is 0 Å². The Bertz CT molecular complexity index is 588. The van der Waals surface area contributed by atoms with Crippen molar-refractivity contribution < 1.29 is 19.1 Å². The Morgan fingerprint density at radius 2 is 1.62 bits per heavy atom. The summed E-state index contributed by atoms with van der Waals surface area (Å²) in [4.78, 5) is 24.8. The van der Waals surface area contributed by atoms with Crippen LogP contribution in [-0.2, 0) is 15.9 Å². The first-order valence-electron chi connectivity index (χ1n) is 8.36. The molecule has 0 spiro atoms. The summed E-state index contributed by atoms with van der Waals surface area (Å²) in [6, 6.07) is 3.37. The van der Waals surface area contributed by atoms with Crippen LogP contribution < -0.4 is 0 Å². The van der Waals surface area contributed by atoms with Crippen LogP contribution in [0, 0.1) is 5.41 Å². The maximum Gasteiger partial charge on any atom is 0.339 e. The molecule has 0 amide bonds. The van der Waals surface area contributed by atoms with E-state index in [0.29, 0.717) is 6.61 Å². The first-order chi connectivity index (χ1) is 11.2. The van der Waals surface area contributed by atoms with Crippen molar-refractivity contribution >= 4 is 27.9 Å². The van der Waals surface area contributed by atoms with Crippen LogP contribution in [0.5, 0.6) is 0 Å². The molecule has 0 fully saturated rings. The van der Waals surface area contributed by atoms with Crippen molar-refractivity contribution in [3.8, 4) is 0 Å². The fourth-order valence-electron chi connectivity index (χ4n) is 1.97. The van der Waals surface area contributed by atoms with Crippen LogP contribution in [0.4, 0.5) is 0 Å². The molecule has 0 bridgehead atoms. The summed E-state index contributed by atoms with van der Waals surface area (Å²) in [5.74, 6) is -0.982. The third-order valence-electron chi connectivity index (χ3n) is 3.37. The molecule has 0 aliphatic carbocycles. The molecule has 0 aliphatic rings. The van der Waals surface area contributed by atoms with Gasteiger partial charge in [0, 0.05) is 4.47 Å². The summed E-state index contributed by atoms with van der Waals surface area (Å²) < 4.78 is 11.4. The number of esters is 2. The molecular weight excluding hydrogens is 372 g/mol. The second-order valence-electron chi connectivity index (χ2n) is 6.97. The first kappa shape index (κ1) is 20.7. The Balaban J connectivity index is 3.09. The quantitative estimate of drug-likeness (QED) is 0.469. The smallest absolute Gasteiger partial charge is 0.339 e. The molecule has 0 saturated carbocycles. The number of hydrogen-bond donors (Lipinski definition) is 0. The van der Waals surface area contributed by atoms with Gasteiger partial charge in [0.05, 0.1) is 24.3 Å². The van der Waals surface area contributed by atoms with E-state index in [9.17, 15) is 9.59 Å². The lowest BCUT2D eigenvalue weighted by molar-refractivity contribution is 0.0352. The summed E-state index contributed by atoms with van der Waals surface area (Å²) in [6.45, 7) is 10.6. The van der Waals surface area contributed by atoms with Gasteiger partial charge in [-0.2, -0.15) is 0 Å². The topological polar surface area (TPSA) is 52.6 Å². The van der Waals surface area contributed by atoms with Gasteiger partial charge in [-0.1, -0.05) is 57.0 Å². The van der Waals surface area contributed by atoms with E-state index >= 15 is 0 Å². The third kappa shape index (κ3) is 6.27. The zero-order valence-corrected chi connectivity index (χ0v) is 16.8. The highest BCUT2D eigenvalue weighted by Gasteiger charge is 2.23. The monoisotopic (exact) mass is 398 g/mol. The number of rotatable bonds is 7. The maximum atomic E-state index is 12.4. The predicted molar refractivity (Wildman–Crippen MR) is 98.4 cm³/mol. The molecule has 0 radical (unpaired) electrons. The van der Waals surface area contributed by atoms with Crippen LogP contribution >= 0.6 is 15.9 Å². The summed E-state index contributed by atoms with van der Waals surface area (Å²) in [5.41, 5.74) is 1.32. The van der Waals surface area contributed by atoms with E-state index in [1.165, 1.54) is 0 Å². The summed E-state index contributed by atoms with van der Waals surface area (Å²) in [6.07, 6.45) is 2.48. The number of hydrogen-bond acceptors (Lipinski definition) is 4.